The van der Waals surface area contributed by atoms with Crippen LogP contribution in [0.4, 0.5) is 0 Å². The number of hydrogen-bond acceptors (Lipinski definition) is 4. The van der Waals surface area contributed by atoms with Gasteiger partial charge in [0.05, 0.1) is 18.7 Å². The van der Waals surface area contributed by atoms with Crippen molar-refractivity contribution in [2.75, 3.05) is 26.9 Å². The van der Waals surface area contributed by atoms with Gasteiger partial charge in [0.15, 0.2) is 0 Å². The molecular weight excluding hydrogens is 278 g/mol. The summed E-state index contributed by atoms with van der Waals surface area (Å²) in [5.74, 6) is 2.51. The smallest absolute Gasteiger partial charge is 0.130 e. The molecule has 2 aromatic rings. The van der Waals surface area contributed by atoms with Crippen molar-refractivity contribution in [2.24, 2.45) is 5.92 Å². The number of aryl methyl sites for hydroxylation is 1. The van der Waals surface area contributed by atoms with Gasteiger partial charge < -0.3 is 14.2 Å². The first-order chi connectivity index (χ1) is 10.8. The number of ether oxygens (including phenoxy) is 3. The molecule has 1 aliphatic carbocycles. The number of pyridine rings is 1. The van der Waals surface area contributed by atoms with E-state index >= 15 is 0 Å². The number of aromatic nitrogens is 1. The van der Waals surface area contributed by atoms with E-state index in [1.54, 1.807) is 7.11 Å². The Morgan fingerprint density at radius 1 is 1.14 bits per heavy atom. The van der Waals surface area contributed by atoms with Gasteiger partial charge in [-0.25, -0.2) is 0 Å². The van der Waals surface area contributed by atoms with Crippen LogP contribution < -0.4 is 9.47 Å². The van der Waals surface area contributed by atoms with Crippen molar-refractivity contribution in [2.45, 2.75) is 26.2 Å². The van der Waals surface area contributed by atoms with Crippen LogP contribution in [-0.4, -0.2) is 31.9 Å². The van der Waals surface area contributed by atoms with Crippen LogP contribution >= 0.6 is 0 Å². The zero-order valence-corrected chi connectivity index (χ0v) is 13.3. The van der Waals surface area contributed by atoms with Crippen molar-refractivity contribution in [1.29, 1.82) is 0 Å². The first-order valence-corrected chi connectivity index (χ1v) is 7.92. The van der Waals surface area contributed by atoms with Crippen LogP contribution in [0.15, 0.2) is 24.3 Å². The Morgan fingerprint density at radius 2 is 2.00 bits per heavy atom. The van der Waals surface area contributed by atoms with Crippen molar-refractivity contribution < 1.29 is 14.2 Å². The SMILES string of the molecule is COCCCOc1cc(C)nc2ccc(OCC3CC3)cc12. The standard InChI is InChI=1S/C18H23NO3/c1-13-10-18(21-9-3-8-20-2)16-11-15(6-7-17(16)19-13)22-12-14-4-5-14/h6-7,10-11,14H,3-5,8-9,12H2,1-2H3. The number of methoxy groups -OCH3 is 1. The Labute approximate surface area is 131 Å². The fourth-order valence-electron chi connectivity index (χ4n) is 2.39. The Kier molecular flexibility index (Phi) is 4.78. The molecule has 0 atom stereocenters. The first-order valence-electron chi connectivity index (χ1n) is 7.92. The van der Waals surface area contributed by atoms with E-state index in [0.29, 0.717) is 13.2 Å². The molecule has 0 spiro atoms. The van der Waals surface area contributed by atoms with E-state index < -0.39 is 0 Å². The van der Waals surface area contributed by atoms with Gasteiger partial charge in [0.2, 0.25) is 0 Å². The van der Waals surface area contributed by atoms with E-state index in [-0.39, 0.29) is 0 Å². The first kappa shape index (κ1) is 15.1. The fraction of sp³-hybridized carbons (Fsp3) is 0.500. The summed E-state index contributed by atoms with van der Waals surface area (Å²) in [7, 11) is 1.70. The number of benzene rings is 1. The van der Waals surface area contributed by atoms with Crippen LogP contribution in [0.5, 0.6) is 11.5 Å². The van der Waals surface area contributed by atoms with Crippen LogP contribution in [-0.2, 0) is 4.74 Å². The lowest BCUT2D eigenvalue weighted by molar-refractivity contribution is 0.172. The second kappa shape index (κ2) is 6.97. The quantitative estimate of drug-likeness (QED) is 0.696. The highest BCUT2D eigenvalue weighted by molar-refractivity contribution is 5.86. The summed E-state index contributed by atoms with van der Waals surface area (Å²) in [5, 5.41) is 1.01. The molecule has 0 bridgehead atoms. The van der Waals surface area contributed by atoms with Gasteiger partial charge in [0, 0.05) is 37.3 Å². The van der Waals surface area contributed by atoms with Gasteiger partial charge in [-0.05, 0) is 43.9 Å². The summed E-state index contributed by atoms with van der Waals surface area (Å²) in [4.78, 5) is 4.57. The van der Waals surface area contributed by atoms with Crippen LogP contribution in [0, 0.1) is 12.8 Å². The van der Waals surface area contributed by atoms with Gasteiger partial charge in [-0.1, -0.05) is 0 Å². The summed E-state index contributed by atoms with van der Waals surface area (Å²) in [5.41, 5.74) is 1.90. The van der Waals surface area contributed by atoms with Crippen molar-refractivity contribution in [3.8, 4) is 11.5 Å². The Morgan fingerprint density at radius 3 is 2.77 bits per heavy atom. The Bertz CT molecular complexity index is 638. The van der Waals surface area contributed by atoms with Crippen LogP contribution in [0.25, 0.3) is 10.9 Å². The summed E-state index contributed by atoms with van der Waals surface area (Å²) in [6.07, 6.45) is 3.46. The monoisotopic (exact) mass is 301 g/mol. The van der Waals surface area contributed by atoms with Crippen molar-refractivity contribution in [3.63, 3.8) is 0 Å². The van der Waals surface area contributed by atoms with Gasteiger partial charge in [-0.3, -0.25) is 4.98 Å². The minimum atomic E-state index is 0.638. The minimum absolute atomic E-state index is 0.638. The molecule has 1 aromatic heterocycles. The molecule has 0 radical (unpaired) electrons. The normalized spacial score (nSPS) is 14.3. The second-order valence-corrected chi connectivity index (χ2v) is 5.89. The van der Waals surface area contributed by atoms with E-state index in [4.69, 9.17) is 14.2 Å². The number of nitrogens with zero attached hydrogens (tertiary/aromatic N) is 1. The van der Waals surface area contributed by atoms with E-state index in [1.807, 2.05) is 31.2 Å². The molecule has 0 N–H and O–H groups in total. The van der Waals surface area contributed by atoms with E-state index in [2.05, 4.69) is 4.98 Å². The topological polar surface area (TPSA) is 40.6 Å². The van der Waals surface area contributed by atoms with Gasteiger partial charge in [0.25, 0.3) is 0 Å². The lowest BCUT2D eigenvalue weighted by Crippen LogP contribution is -2.03. The lowest BCUT2D eigenvalue weighted by atomic mass is 10.1. The Balaban J connectivity index is 1.78. The molecule has 0 amide bonds. The predicted octanol–water partition coefficient (Wildman–Crippen LogP) is 3.75. The maximum absolute atomic E-state index is 5.92. The maximum Gasteiger partial charge on any atom is 0.130 e. The molecule has 0 unspecified atom stereocenters. The number of hydrogen-bond donors (Lipinski definition) is 0. The van der Waals surface area contributed by atoms with E-state index in [0.717, 1.165) is 47.0 Å². The summed E-state index contributed by atoms with van der Waals surface area (Å²) in [6.45, 7) is 4.14. The third-order valence-electron chi connectivity index (χ3n) is 3.80. The molecule has 1 aromatic carbocycles. The van der Waals surface area contributed by atoms with Gasteiger partial charge in [-0.15, -0.1) is 0 Å². The van der Waals surface area contributed by atoms with E-state index in [1.165, 1.54) is 12.8 Å². The summed E-state index contributed by atoms with van der Waals surface area (Å²) >= 11 is 0. The molecular formula is C18H23NO3. The van der Waals surface area contributed by atoms with Crippen molar-refractivity contribution in [3.05, 3.63) is 30.0 Å². The zero-order valence-electron chi connectivity index (χ0n) is 13.3. The summed E-state index contributed by atoms with van der Waals surface area (Å²) in [6, 6.07) is 8.02. The number of fused-ring (bicyclic) bond motifs is 1. The van der Waals surface area contributed by atoms with Crippen LogP contribution in [0.1, 0.15) is 25.0 Å². The fourth-order valence-corrected chi connectivity index (χ4v) is 2.39. The average Bonchev–Trinajstić information content (AvgIpc) is 3.33. The van der Waals surface area contributed by atoms with Crippen molar-refractivity contribution >= 4 is 10.9 Å². The van der Waals surface area contributed by atoms with Gasteiger partial charge in [0.1, 0.15) is 11.5 Å². The third-order valence-corrected chi connectivity index (χ3v) is 3.80. The van der Waals surface area contributed by atoms with Gasteiger partial charge in [-0.2, -0.15) is 0 Å². The molecule has 4 nitrogen and oxygen atoms in total. The van der Waals surface area contributed by atoms with Crippen molar-refractivity contribution in [1.82, 2.24) is 4.98 Å². The minimum Gasteiger partial charge on any atom is -0.493 e. The molecule has 1 aliphatic rings. The summed E-state index contributed by atoms with van der Waals surface area (Å²) < 4.78 is 16.8. The highest BCUT2D eigenvalue weighted by atomic mass is 16.5. The zero-order chi connectivity index (χ0) is 15.4. The molecule has 22 heavy (non-hydrogen) atoms. The van der Waals surface area contributed by atoms with Crippen LogP contribution in [0.3, 0.4) is 0 Å². The molecule has 0 aliphatic heterocycles. The highest BCUT2D eigenvalue weighted by Gasteiger charge is 2.22. The maximum atomic E-state index is 5.92. The molecule has 1 saturated carbocycles. The predicted molar refractivity (Wildman–Crippen MR) is 86.7 cm³/mol. The van der Waals surface area contributed by atoms with Crippen LogP contribution in [0.2, 0.25) is 0 Å². The molecule has 3 rings (SSSR count). The molecule has 0 saturated heterocycles. The lowest BCUT2D eigenvalue weighted by Gasteiger charge is -2.12. The Hall–Kier alpha value is -1.81. The molecule has 1 heterocycles. The second-order valence-electron chi connectivity index (χ2n) is 5.89. The molecule has 1 fully saturated rings. The largest absolute Gasteiger partial charge is 0.493 e. The molecule has 4 heteroatoms. The average molecular weight is 301 g/mol. The van der Waals surface area contributed by atoms with E-state index in [9.17, 15) is 0 Å². The highest BCUT2D eigenvalue weighted by Crippen LogP contribution is 2.32. The van der Waals surface area contributed by atoms with Gasteiger partial charge >= 0.3 is 0 Å². The number of rotatable bonds is 8. The molecule has 118 valence electrons. The third kappa shape index (κ3) is 3.89.